The van der Waals surface area contributed by atoms with Crippen LogP contribution in [0.25, 0.3) is 21.6 Å². The lowest BCUT2D eigenvalue weighted by Gasteiger charge is -2.05. The molecule has 0 unspecified atom stereocenters. The van der Waals surface area contributed by atoms with Crippen LogP contribution in [0.3, 0.4) is 0 Å². The Balaban J connectivity index is 1.49. The molecule has 0 atom stereocenters. The van der Waals surface area contributed by atoms with Gasteiger partial charge in [0.2, 0.25) is 0 Å². The summed E-state index contributed by atoms with van der Waals surface area (Å²) in [6.07, 6.45) is 10.6. The maximum atomic E-state index is 4.61. The van der Waals surface area contributed by atoms with Gasteiger partial charge in [-0.15, -0.1) is 11.3 Å². The Morgan fingerprint density at radius 3 is 2.96 bits per heavy atom. The van der Waals surface area contributed by atoms with Crippen LogP contribution in [-0.2, 0) is 6.42 Å². The van der Waals surface area contributed by atoms with Crippen LogP contribution in [0.1, 0.15) is 11.3 Å². The molecular formula is C19H15N5S2. The zero-order chi connectivity index (χ0) is 17.5. The lowest BCUT2D eigenvalue weighted by atomic mass is 10.1. The van der Waals surface area contributed by atoms with E-state index in [9.17, 15) is 0 Å². The number of nitrogens with zero attached hydrogens (tertiary/aromatic N) is 5. The Bertz CT molecular complexity index is 1200. The first-order chi connectivity index (χ1) is 12.8. The van der Waals surface area contributed by atoms with Crippen LogP contribution >= 0.6 is 23.1 Å². The average molecular weight is 377 g/mol. The summed E-state index contributed by atoms with van der Waals surface area (Å²) in [5.74, 6) is 0. The fourth-order valence-electron chi connectivity index (χ4n) is 3.07. The normalized spacial score (nSPS) is 11.6. The highest BCUT2D eigenvalue weighted by Gasteiger charge is 2.08. The molecule has 5 rings (SSSR count). The number of hydrogen-bond acceptors (Lipinski definition) is 5. The molecule has 26 heavy (non-hydrogen) atoms. The molecule has 0 aliphatic heterocycles. The van der Waals surface area contributed by atoms with Gasteiger partial charge in [0.15, 0.2) is 4.34 Å². The van der Waals surface area contributed by atoms with E-state index in [-0.39, 0.29) is 0 Å². The monoisotopic (exact) mass is 377 g/mol. The maximum absolute atomic E-state index is 4.61. The van der Waals surface area contributed by atoms with Crippen molar-refractivity contribution in [3.05, 3.63) is 72.4 Å². The first kappa shape index (κ1) is 15.6. The number of hydrogen-bond donors (Lipinski definition) is 0. The van der Waals surface area contributed by atoms with Gasteiger partial charge in [0.25, 0.3) is 0 Å². The van der Waals surface area contributed by atoms with Gasteiger partial charge in [0.1, 0.15) is 5.65 Å². The molecule has 0 amide bonds. The maximum Gasteiger partial charge on any atom is 0.150 e. The summed E-state index contributed by atoms with van der Waals surface area (Å²) >= 11 is 3.44. The molecule has 5 aromatic rings. The van der Waals surface area contributed by atoms with Crippen LogP contribution < -0.4 is 0 Å². The summed E-state index contributed by atoms with van der Waals surface area (Å²) in [6, 6.07) is 12.5. The molecule has 5 nitrogen and oxygen atoms in total. The van der Waals surface area contributed by atoms with Crippen LogP contribution in [0.15, 0.2) is 65.5 Å². The molecule has 0 aliphatic rings. The quantitative estimate of drug-likeness (QED) is 0.434. The highest BCUT2D eigenvalue weighted by Crippen LogP contribution is 2.29. The van der Waals surface area contributed by atoms with Crippen molar-refractivity contribution in [1.29, 1.82) is 0 Å². The summed E-state index contributed by atoms with van der Waals surface area (Å²) in [4.78, 5) is 9.18. The van der Waals surface area contributed by atoms with E-state index >= 15 is 0 Å². The van der Waals surface area contributed by atoms with Crippen LogP contribution in [-0.4, -0.2) is 30.4 Å². The molecule has 0 aliphatic carbocycles. The van der Waals surface area contributed by atoms with Gasteiger partial charge in [-0.1, -0.05) is 17.8 Å². The minimum absolute atomic E-state index is 0.838. The standard InChI is InChI=1S/C19H15N5S2/c1-25-19-22-16-4-3-13(10-17(16)26-19)9-15-12-20-18-11-14(5-8-23(15)18)24-7-2-6-21-24/h2-8,10-12H,9H2,1H3. The van der Waals surface area contributed by atoms with Gasteiger partial charge in [-0.3, -0.25) is 0 Å². The summed E-state index contributed by atoms with van der Waals surface area (Å²) in [6.45, 7) is 0. The van der Waals surface area contributed by atoms with Crippen molar-refractivity contribution in [2.45, 2.75) is 10.8 Å². The van der Waals surface area contributed by atoms with E-state index in [0.717, 1.165) is 27.6 Å². The number of benzene rings is 1. The zero-order valence-corrected chi connectivity index (χ0v) is 15.7. The lowest BCUT2D eigenvalue weighted by Crippen LogP contribution is -1.98. The smallest absolute Gasteiger partial charge is 0.150 e. The molecule has 4 heterocycles. The molecule has 7 heteroatoms. The van der Waals surface area contributed by atoms with Gasteiger partial charge in [0.05, 0.1) is 15.9 Å². The first-order valence-electron chi connectivity index (χ1n) is 8.19. The number of imidazole rings is 1. The van der Waals surface area contributed by atoms with Crippen LogP contribution in [0.2, 0.25) is 0 Å². The second kappa shape index (κ2) is 6.26. The average Bonchev–Trinajstić information content (AvgIpc) is 3.40. The van der Waals surface area contributed by atoms with Gasteiger partial charge in [-0.05, 0) is 36.1 Å². The minimum atomic E-state index is 0.838. The Hall–Kier alpha value is -2.64. The first-order valence-corrected chi connectivity index (χ1v) is 10.2. The van der Waals surface area contributed by atoms with E-state index in [1.807, 2.05) is 29.2 Å². The number of aromatic nitrogens is 5. The molecule has 0 saturated heterocycles. The van der Waals surface area contributed by atoms with Crippen molar-refractivity contribution in [1.82, 2.24) is 24.1 Å². The fraction of sp³-hybridized carbons (Fsp3) is 0.105. The zero-order valence-electron chi connectivity index (χ0n) is 14.0. The van der Waals surface area contributed by atoms with Crippen LogP contribution in [0, 0.1) is 0 Å². The van der Waals surface area contributed by atoms with Gasteiger partial charge in [-0.25, -0.2) is 14.6 Å². The molecule has 0 spiro atoms. The molecule has 128 valence electrons. The Morgan fingerprint density at radius 1 is 1.15 bits per heavy atom. The van der Waals surface area contributed by atoms with E-state index in [2.05, 4.69) is 56.2 Å². The van der Waals surface area contributed by atoms with Gasteiger partial charge < -0.3 is 4.40 Å². The van der Waals surface area contributed by atoms with E-state index in [1.165, 1.54) is 16.0 Å². The Morgan fingerprint density at radius 2 is 2.12 bits per heavy atom. The second-order valence-electron chi connectivity index (χ2n) is 5.98. The number of rotatable bonds is 4. The molecule has 0 N–H and O–H groups in total. The molecule has 1 aromatic carbocycles. The predicted octanol–water partition coefficient (Wildman–Crippen LogP) is 4.44. The molecular weight excluding hydrogens is 362 g/mol. The lowest BCUT2D eigenvalue weighted by molar-refractivity contribution is 0.875. The summed E-state index contributed by atoms with van der Waals surface area (Å²) in [5, 5.41) is 4.28. The van der Waals surface area contributed by atoms with Crippen molar-refractivity contribution in [3.8, 4) is 5.69 Å². The van der Waals surface area contributed by atoms with Crippen molar-refractivity contribution in [2.75, 3.05) is 6.26 Å². The van der Waals surface area contributed by atoms with Gasteiger partial charge in [-0.2, -0.15) is 5.10 Å². The van der Waals surface area contributed by atoms with Gasteiger partial charge >= 0.3 is 0 Å². The summed E-state index contributed by atoms with van der Waals surface area (Å²) in [7, 11) is 0. The van der Waals surface area contributed by atoms with Crippen molar-refractivity contribution in [2.24, 2.45) is 0 Å². The summed E-state index contributed by atoms with van der Waals surface area (Å²) < 4.78 is 6.33. The third-order valence-electron chi connectivity index (χ3n) is 4.34. The predicted molar refractivity (Wildman–Crippen MR) is 107 cm³/mol. The van der Waals surface area contributed by atoms with Crippen molar-refractivity contribution >= 4 is 39.0 Å². The number of thiazole rings is 1. The van der Waals surface area contributed by atoms with Crippen molar-refractivity contribution in [3.63, 3.8) is 0 Å². The SMILES string of the molecule is CSc1nc2ccc(Cc3cnc4cc(-n5cccn5)ccn34)cc2s1. The molecule has 0 bridgehead atoms. The van der Waals surface area contributed by atoms with Crippen molar-refractivity contribution < 1.29 is 0 Å². The van der Waals surface area contributed by atoms with E-state index in [0.29, 0.717) is 0 Å². The molecule has 0 saturated carbocycles. The largest absolute Gasteiger partial charge is 0.304 e. The van der Waals surface area contributed by atoms with Crippen LogP contribution in [0.4, 0.5) is 0 Å². The van der Waals surface area contributed by atoms with Crippen LogP contribution in [0.5, 0.6) is 0 Å². The second-order valence-corrected chi connectivity index (χ2v) is 8.06. The molecule has 0 radical (unpaired) electrons. The number of thioether (sulfide) groups is 1. The van der Waals surface area contributed by atoms with E-state index < -0.39 is 0 Å². The Kier molecular flexibility index (Phi) is 3.76. The highest BCUT2D eigenvalue weighted by atomic mass is 32.2. The molecule has 4 aromatic heterocycles. The Labute approximate surface area is 158 Å². The molecule has 0 fully saturated rings. The number of fused-ring (bicyclic) bond motifs is 2. The third-order valence-corrected chi connectivity index (χ3v) is 6.34. The number of pyridine rings is 1. The fourth-order valence-corrected chi connectivity index (χ4v) is 4.62. The van der Waals surface area contributed by atoms with E-state index in [1.54, 1.807) is 29.3 Å². The highest BCUT2D eigenvalue weighted by molar-refractivity contribution is 8.00. The summed E-state index contributed by atoms with van der Waals surface area (Å²) in [5.41, 5.74) is 5.45. The third kappa shape index (κ3) is 2.69. The van der Waals surface area contributed by atoms with E-state index in [4.69, 9.17) is 0 Å². The van der Waals surface area contributed by atoms with Gasteiger partial charge in [0, 0.05) is 43.0 Å². The minimum Gasteiger partial charge on any atom is -0.304 e. The topological polar surface area (TPSA) is 48.0 Å².